The Balaban J connectivity index is 3.16. The van der Waals surface area contributed by atoms with Gasteiger partial charge in [-0.1, -0.05) is 11.6 Å². The third kappa shape index (κ3) is 3.57. The summed E-state index contributed by atoms with van der Waals surface area (Å²) in [7, 11) is -2.39. The fraction of sp³-hybridized carbons (Fsp3) is 0.222. The molecule has 0 aliphatic carbocycles. The lowest BCUT2D eigenvalue weighted by Gasteiger charge is -2.08. The summed E-state index contributed by atoms with van der Waals surface area (Å²) >= 11 is 11.1. The van der Waals surface area contributed by atoms with Gasteiger partial charge in [0.2, 0.25) is 15.9 Å². The molecule has 1 aromatic rings. The minimum atomic E-state index is -3.66. The van der Waals surface area contributed by atoms with Crippen LogP contribution in [0.15, 0.2) is 23.1 Å². The molecule has 0 aromatic heterocycles. The topological polar surface area (TPSA) is 75.3 Å². The summed E-state index contributed by atoms with van der Waals surface area (Å²) in [6.45, 7) is 0. The molecule has 1 aromatic carbocycles. The zero-order chi connectivity index (χ0) is 13.1. The maximum absolute atomic E-state index is 11.6. The molecule has 5 nitrogen and oxygen atoms in total. The fourth-order valence-corrected chi connectivity index (χ4v) is 2.41. The van der Waals surface area contributed by atoms with E-state index < -0.39 is 15.9 Å². The average Bonchev–Trinajstić information content (AvgIpc) is 2.31. The van der Waals surface area contributed by atoms with E-state index in [1.54, 1.807) is 0 Å². The van der Waals surface area contributed by atoms with E-state index in [1.807, 2.05) is 0 Å². The van der Waals surface area contributed by atoms with Crippen molar-refractivity contribution in [3.63, 3.8) is 0 Å². The Labute approximate surface area is 109 Å². The molecule has 0 unspecified atom stereocenters. The molecule has 8 heteroatoms. The molecular weight excluding hydrogens is 287 g/mol. The van der Waals surface area contributed by atoms with Gasteiger partial charge in [0, 0.05) is 5.69 Å². The van der Waals surface area contributed by atoms with Crippen LogP contribution in [0.2, 0.25) is 5.02 Å². The lowest BCUT2D eigenvalue weighted by atomic mass is 10.3. The van der Waals surface area contributed by atoms with Crippen LogP contribution >= 0.6 is 23.2 Å². The van der Waals surface area contributed by atoms with Crippen LogP contribution in [0.5, 0.6) is 0 Å². The molecule has 0 saturated heterocycles. The van der Waals surface area contributed by atoms with Crippen LogP contribution in [-0.2, 0) is 14.8 Å². The van der Waals surface area contributed by atoms with Crippen molar-refractivity contribution in [1.82, 2.24) is 4.72 Å². The Morgan fingerprint density at radius 1 is 1.41 bits per heavy atom. The van der Waals surface area contributed by atoms with Crippen LogP contribution < -0.4 is 10.0 Å². The molecule has 0 spiro atoms. The van der Waals surface area contributed by atoms with E-state index in [0.717, 1.165) is 0 Å². The van der Waals surface area contributed by atoms with Gasteiger partial charge < -0.3 is 5.32 Å². The molecule has 0 fully saturated rings. The van der Waals surface area contributed by atoms with Gasteiger partial charge in [-0.15, -0.1) is 11.6 Å². The Morgan fingerprint density at radius 2 is 2.06 bits per heavy atom. The average molecular weight is 297 g/mol. The minimum Gasteiger partial charge on any atom is -0.325 e. The smallest absolute Gasteiger partial charge is 0.241 e. The highest BCUT2D eigenvalue weighted by Crippen LogP contribution is 2.24. The third-order valence-electron chi connectivity index (χ3n) is 1.89. The normalized spacial score (nSPS) is 11.2. The maximum Gasteiger partial charge on any atom is 0.241 e. The number of benzene rings is 1. The number of sulfonamides is 1. The molecule has 0 aliphatic heterocycles. The molecule has 1 rings (SSSR count). The van der Waals surface area contributed by atoms with Gasteiger partial charge in [-0.3, -0.25) is 4.79 Å². The van der Waals surface area contributed by atoms with Crippen LogP contribution in [0.25, 0.3) is 0 Å². The van der Waals surface area contributed by atoms with Crippen LogP contribution in [0.1, 0.15) is 0 Å². The van der Waals surface area contributed by atoms with Crippen molar-refractivity contribution >= 4 is 44.8 Å². The second-order valence-corrected chi connectivity index (χ2v) is 5.56. The minimum absolute atomic E-state index is 0.0724. The highest BCUT2D eigenvalue weighted by Gasteiger charge is 2.16. The van der Waals surface area contributed by atoms with E-state index in [9.17, 15) is 13.2 Å². The van der Waals surface area contributed by atoms with Gasteiger partial charge in [0.25, 0.3) is 0 Å². The third-order valence-corrected chi connectivity index (χ3v) is 4.03. The van der Waals surface area contributed by atoms with Gasteiger partial charge in [0.15, 0.2) is 0 Å². The highest BCUT2D eigenvalue weighted by molar-refractivity contribution is 7.89. The number of amides is 1. The summed E-state index contributed by atoms with van der Waals surface area (Å²) in [5.74, 6) is -0.640. The monoisotopic (exact) mass is 296 g/mol. The van der Waals surface area contributed by atoms with Crippen molar-refractivity contribution < 1.29 is 13.2 Å². The van der Waals surface area contributed by atoms with E-state index in [2.05, 4.69) is 10.0 Å². The van der Waals surface area contributed by atoms with Crippen molar-refractivity contribution in [3.8, 4) is 0 Å². The number of hydrogen-bond acceptors (Lipinski definition) is 3. The second-order valence-electron chi connectivity index (χ2n) is 3.03. The summed E-state index contributed by atoms with van der Waals surface area (Å²) in [5.41, 5.74) is 0.314. The molecule has 0 heterocycles. The van der Waals surface area contributed by atoms with Gasteiger partial charge in [0.05, 0.1) is 5.02 Å². The Morgan fingerprint density at radius 3 is 2.59 bits per heavy atom. The zero-order valence-corrected chi connectivity index (χ0v) is 11.2. The van der Waals surface area contributed by atoms with Crippen molar-refractivity contribution in [3.05, 3.63) is 23.2 Å². The lowest BCUT2D eigenvalue weighted by Crippen LogP contribution is -2.19. The van der Waals surface area contributed by atoms with Crippen LogP contribution in [-0.4, -0.2) is 27.3 Å². The van der Waals surface area contributed by atoms with Crippen LogP contribution in [0, 0.1) is 0 Å². The molecule has 0 aliphatic rings. The Bertz CT molecular complexity index is 531. The molecule has 0 radical (unpaired) electrons. The highest BCUT2D eigenvalue weighted by atomic mass is 35.5. The first-order valence-corrected chi connectivity index (χ1v) is 6.89. The molecule has 17 heavy (non-hydrogen) atoms. The number of nitrogens with one attached hydrogen (secondary N) is 2. The van der Waals surface area contributed by atoms with Crippen molar-refractivity contribution in [2.75, 3.05) is 18.2 Å². The fourth-order valence-electron chi connectivity index (χ4n) is 1.09. The standard InChI is InChI=1S/C9H10Cl2N2O3S/c1-12-17(15,16)8-4-6(2-3-7(8)11)13-9(14)5-10/h2-4,12H,5H2,1H3,(H,13,14). The molecular formula is C9H10Cl2N2O3S. The number of halogens is 2. The number of alkyl halides is 1. The Kier molecular flexibility index (Phi) is 4.76. The van der Waals surface area contributed by atoms with Gasteiger partial charge in [-0.2, -0.15) is 0 Å². The Hall–Kier alpha value is -0.820. The molecule has 94 valence electrons. The van der Waals surface area contributed by atoms with Crippen LogP contribution in [0.4, 0.5) is 5.69 Å². The summed E-state index contributed by atoms with van der Waals surface area (Å²) in [6.07, 6.45) is 0. The quantitative estimate of drug-likeness (QED) is 0.825. The van der Waals surface area contributed by atoms with Crippen LogP contribution in [0.3, 0.4) is 0 Å². The van der Waals surface area contributed by atoms with E-state index in [-0.39, 0.29) is 15.8 Å². The van der Waals surface area contributed by atoms with Crippen molar-refractivity contribution in [2.24, 2.45) is 0 Å². The molecule has 2 N–H and O–H groups in total. The molecule has 1 amide bonds. The van der Waals surface area contributed by atoms with Gasteiger partial charge in [-0.05, 0) is 25.2 Å². The first-order valence-electron chi connectivity index (χ1n) is 4.49. The molecule has 0 saturated carbocycles. The SMILES string of the molecule is CNS(=O)(=O)c1cc(NC(=O)CCl)ccc1Cl. The van der Waals surface area contributed by atoms with Gasteiger partial charge in [-0.25, -0.2) is 13.1 Å². The molecule has 0 bridgehead atoms. The predicted molar refractivity (Wildman–Crippen MR) is 67.0 cm³/mol. The van der Waals surface area contributed by atoms with Gasteiger partial charge >= 0.3 is 0 Å². The number of hydrogen-bond donors (Lipinski definition) is 2. The summed E-state index contributed by atoms with van der Waals surface area (Å²) in [5, 5.41) is 2.51. The largest absolute Gasteiger partial charge is 0.325 e. The number of carbonyl (C=O) groups is 1. The predicted octanol–water partition coefficient (Wildman–Crippen LogP) is 1.43. The summed E-state index contributed by atoms with van der Waals surface area (Å²) in [6, 6.07) is 4.13. The summed E-state index contributed by atoms with van der Waals surface area (Å²) < 4.78 is 25.3. The van der Waals surface area contributed by atoms with E-state index in [4.69, 9.17) is 23.2 Å². The number of rotatable bonds is 4. The van der Waals surface area contributed by atoms with E-state index >= 15 is 0 Å². The lowest BCUT2D eigenvalue weighted by molar-refractivity contribution is -0.113. The number of anilines is 1. The maximum atomic E-state index is 11.6. The van der Waals surface area contributed by atoms with Gasteiger partial charge in [0.1, 0.15) is 10.8 Å². The van der Waals surface area contributed by atoms with E-state index in [0.29, 0.717) is 5.69 Å². The zero-order valence-electron chi connectivity index (χ0n) is 8.83. The molecule has 0 atom stereocenters. The number of carbonyl (C=O) groups excluding carboxylic acids is 1. The summed E-state index contributed by atoms with van der Waals surface area (Å²) in [4.78, 5) is 11.0. The first-order chi connectivity index (χ1) is 7.90. The first kappa shape index (κ1) is 14.2. The van der Waals surface area contributed by atoms with Crippen molar-refractivity contribution in [2.45, 2.75) is 4.90 Å². The van der Waals surface area contributed by atoms with Crippen molar-refractivity contribution in [1.29, 1.82) is 0 Å². The van der Waals surface area contributed by atoms with E-state index in [1.165, 1.54) is 25.2 Å². The second kappa shape index (κ2) is 5.68.